The van der Waals surface area contributed by atoms with E-state index in [1.54, 1.807) is 11.6 Å². The van der Waals surface area contributed by atoms with Crippen LogP contribution in [0.1, 0.15) is 49.3 Å². The minimum Gasteiger partial charge on any atom is -0.307 e. The van der Waals surface area contributed by atoms with Crippen LogP contribution in [0.2, 0.25) is 0 Å². The largest absolute Gasteiger partial charge is 0.307 e. The molecule has 2 aliphatic rings. The topological polar surface area (TPSA) is 61.4 Å². The van der Waals surface area contributed by atoms with E-state index >= 15 is 0 Å². The number of carbonyl (C=O) groups excluding carboxylic acids is 1. The van der Waals surface area contributed by atoms with Gasteiger partial charge in [-0.05, 0) is 42.4 Å². The quantitative estimate of drug-likeness (QED) is 0.443. The molecular formula is C17H22N2O2. The summed E-state index contributed by atoms with van der Waals surface area (Å²) >= 11 is 0. The minimum absolute atomic E-state index is 0.465. The molecule has 21 heavy (non-hydrogen) atoms. The Hall–Kier alpha value is -1.65. The number of rotatable bonds is 5. The van der Waals surface area contributed by atoms with Crippen molar-refractivity contribution in [1.82, 2.24) is 10.8 Å². The highest BCUT2D eigenvalue weighted by molar-refractivity contribution is 5.90. The molecule has 1 saturated heterocycles. The fraction of sp³-hybridized carbons (Fsp3) is 0.471. The van der Waals surface area contributed by atoms with Gasteiger partial charge in [-0.1, -0.05) is 37.1 Å². The molecule has 0 spiro atoms. The number of amides is 1. The van der Waals surface area contributed by atoms with Gasteiger partial charge in [0.25, 0.3) is 5.91 Å². The van der Waals surface area contributed by atoms with Crippen molar-refractivity contribution in [2.45, 2.75) is 44.2 Å². The summed E-state index contributed by atoms with van der Waals surface area (Å²) in [4.78, 5) is 10.9. The fourth-order valence-electron chi connectivity index (χ4n) is 3.07. The summed E-state index contributed by atoms with van der Waals surface area (Å²) in [6, 6.07) is 9.41. The lowest BCUT2D eigenvalue weighted by atomic mass is 10.0. The second-order valence-electron chi connectivity index (χ2n) is 6.15. The molecule has 0 aromatic heterocycles. The van der Waals surface area contributed by atoms with E-state index in [1.807, 2.05) is 12.1 Å². The zero-order valence-corrected chi connectivity index (χ0v) is 12.1. The first-order valence-electron chi connectivity index (χ1n) is 7.73. The minimum atomic E-state index is -0.514. The summed E-state index contributed by atoms with van der Waals surface area (Å²) in [5.41, 5.74) is 3.85. The number of hydroxylamine groups is 1. The van der Waals surface area contributed by atoms with E-state index in [0.717, 1.165) is 11.5 Å². The van der Waals surface area contributed by atoms with Gasteiger partial charge in [0, 0.05) is 18.2 Å². The Balaban J connectivity index is 1.56. The first-order valence-corrected chi connectivity index (χ1v) is 7.73. The molecule has 1 heterocycles. The van der Waals surface area contributed by atoms with Crippen molar-refractivity contribution >= 4 is 12.0 Å². The molecule has 2 atom stereocenters. The van der Waals surface area contributed by atoms with Gasteiger partial charge in [-0.2, -0.15) is 0 Å². The first-order chi connectivity index (χ1) is 10.2. The molecule has 4 nitrogen and oxygen atoms in total. The number of nitrogens with one attached hydrogen (secondary N) is 2. The molecule has 1 aliphatic carbocycles. The third-order valence-corrected chi connectivity index (χ3v) is 4.43. The van der Waals surface area contributed by atoms with Crippen LogP contribution in [0.15, 0.2) is 30.3 Å². The van der Waals surface area contributed by atoms with Crippen LogP contribution in [-0.4, -0.2) is 17.2 Å². The van der Waals surface area contributed by atoms with Crippen molar-refractivity contribution in [3.05, 3.63) is 41.5 Å². The van der Waals surface area contributed by atoms with Crippen molar-refractivity contribution in [2.24, 2.45) is 5.92 Å². The molecule has 1 saturated carbocycles. The van der Waals surface area contributed by atoms with Crippen LogP contribution in [0, 0.1) is 5.92 Å². The molecule has 1 aromatic rings. The Labute approximate surface area is 125 Å². The zero-order chi connectivity index (χ0) is 14.7. The van der Waals surface area contributed by atoms with Crippen molar-refractivity contribution in [2.75, 3.05) is 0 Å². The van der Waals surface area contributed by atoms with Gasteiger partial charge in [-0.3, -0.25) is 10.0 Å². The van der Waals surface area contributed by atoms with Crippen LogP contribution in [0.4, 0.5) is 0 Å². The number of hydrogen-bond acceptors (Lipinski definition) is 3. The molecule has 112 valence electrons. The summed E-state index contributed by atoms with van der Waals surface area (Å²) in [7, 11) is 0. The molecule has 3 N–H and O–H groups in total. The molecular weight excluding hydrogens is 264 g/mol. The van der Waals surface area contributed by atoms with Gasteiger partial charge in [0.15, 0.2) is 0 Å². The van der Waals surface area contributed by atoms with E-state index in [1.165, 1.54) is 43.7 Å². The molecule has 2 unspecified atom stereocenters. The zero-order valence-electron chi connectivity index (χ0n) is 12.1. The third-order valence-electron chi connectivity index (χ3n) is 4.43. The molecule has 3 rings (SSSR count). The standard InChI is InChI=1S/C17H22N2O2/c20-17(19-21)10-5-12-3-6-14(7-4-12)16-9-8-15(18-16)11-13-1-2-13/h3-7,10,13,15-16,18,21H,1-2,8-9,11H2,(H,19,20)/b10-5+. The molecule has 1 aromatic carbocycles. The summed E-state index contributed by atoms with van der Waals surface area (Å²) in [5.74, 6) is 0.464. The molecule has 1 aliphatic heterocycles. The molecule has 4 heteroatoms. The average Bonchev–Trinajstić information content (AvgIpc) is 3.21. The number of carbonyl (C=O) groups is 1. The molecule has 0 bridgehead atoms. The third kappa shape index (κ3) is 3.93. The van der Waals surface area contributed by atoms with Gasteiger partial charge < -0.3 is 5.32 Å². The van der Waals surface area contributed by atoms with Gasteiger partial charge in [0.1, 0.15) is 0 Å². The first kappa shape index (κ1) is 14.3. The van der Waals surface area contributed by atoms with Crippen LogP contribution >= 0.6 is 0 Å². The predicted molar refractivity (Wildman–Crippen MR) is 81.6 cm³/mol. The summed E-state index contributed by atoms with van der Waals surface area (Å²) in [6.07, 6.45) is 9.67. The van der Waals surface area contributed by atoms with Gasteiger partial charge >= 0.3 is 0 Å². The molecule has 2 fully saturated rings. The lowest BCUT2D eigenvalue weighted by Crippen LogP contribution is -2.24. The molecule has 1 amide bonds. The Kier molecular flexibility index (Phi) is 4.36. The normalized spacial score (nSPS) is 25.4. The van der Waals surface area contributed by atoms with Crippen molar-refractivity contribution in [3.8, 4) is 0 Å². The predicted octanol–water partition coefficient (Wildman–Crippen LogP) is 2.80. The van der Waals surface area contributed by atoms with E-state index in [2.05, 4.69) is 17.4 Å². The van der Waals surface area contributed by atoms with Crippen LogP contribution < -0.4 is 10.8 Å². The van der Waals surface area contributed by atoms with Crippen LogP contribution in [-0.2, 0) is 4.79 Å². The smallest absolute Gasteiger partial charge is 0.267 e. The second-order valence-corrected chi connectivity index (χ2v) is 6.15. The maximum Gasteiger partial charge on any atom is 0.267 e. The van der Waals surface area contributed by atoms with E-state index in [9.17, 15) is 4.79 Å². The number of hydrogen-bond donors (Lipinski definition) is 3. The summed E-state index contributed by atoms with van der Waals surface area (Å²) in [6.45, 7) is 0. The van der Waals surface area contributed by atoms with E-state index in [-0.39, 0.29) is 0 Å². The maximum atomic E-state index is 10.9. The monoisotopic (exact) mass is 286 g/mol. The second kappa shape index (κ2) is 6.41. The fourth-order valence-corrected chi connectivity index (χ4v) is 3.07. The van der Waals surface area contributed by atoms with Crippen LogP contribution in [0.5, 0.6) is 0 Å². The Bertz CT molecular complexity index is 520. The van der Waals surface area contributed by atoms with Gasteiger partial charge in [-0.25, -0.2) is 5.48 Å². The van der Waals surface area contributed by atoms with Crippen molar-refractivity contribution in [1.29, 1.82) is 0 Å². The molecule has 0 radical (unpaired) electrons. The Morgan fingerprint density at radius 2 is 2.00 bits per heavy atom. The van der Waals surface area contributed by atoms with E-state index in [0.29, 0.717) is 12.1 Å². The SMILES string of the molecule is O=C(/C=C/c1ccc(C2CCC(CC3CC3)N2)cc1)NO. The van der Waals surface area contributed by atoms with E-state index in [4.69, 9.17) is 5.21 Å². The summed E-state index contributed by atoms with van der Waals surface area (Å²) < 4.78 is 0. The van der Waals surface area contributed by atoms with Gasteiger partial charge in [0.2, 0.25) is 0 Å². The van der Waals surface area contributed by atoms with Gasteiger partial charge in [-0.15, -0.1) is 0 Å². The highest BCUT2D eigenvalue weighted by Gasteiger charge is 2.30. The lowest BCUT2D eigenvalue weighted by molar-refractivity contribution is -0.124. The van der Waals surface area contributed by atoms with E-state index < -0.39 is 5.91 Å². The van der Waals surface area contributed by atoms with Gasteiger partial charge in [0.05, 0.1) is 0 Å². The highest BCUT2D eigenvalue weighted by atomic mass is 16.5. The van der Waals surface area contributed by atoms with Crippen LogP contribution in [0.3, 0.4) is 0 Å². The lowest BCUT2D eigenvalue weighted by Gasteiger charge is -2.14. The number of benzene rings is 1. The highest BCUT2D eigenvalue weighted by Crippen LogP contribution is 2.37. The van der Waals surface area contributed by atoms with Crippen molar-refractivity contribution < 1.29 is 10.0 Å². The van der Waals surface area contributed by atoms with Crippen molar-refractivity contribution in [3.63, 3.8) is 0 Å². The summed E-state index contributed by atoms with van der Waals surface area (Å²) in [5, 5.41) is 12.2. The Morgan fingerprint density at radius 1 is 1.24 bits per heavy atom. The maximum absolute atomic E-state index is 10.9. The Morgan fingerprint density at radius 3 is 2.67 bits per heavy atom. The van der Waals surface area contributed by atoms with Crippen LogP contribution in [0.25, 0.3) is 6.08 Å². The average molecular weight is 286 g/mol.